The average molecular weight is 288 g/mol. The number of sulfone groups is 1. The van der Waals surface area contributed by atoms with Gasteiger partial charge in [0, 0.05) is 18.1 Å². The number of piperidine rings is 1. The van der Waals surface area contributed by atoms with E-state index in [4.69, 9.17) is 0 Å². The van der Waals surface area contributed by atoms with Crippen LogP contribution in [0.2, 0.25) is 0 Å². The normalized spacial score (nSPS) is 33.1. The first-order valence-corrected chi connectivity index (χ1v) is 9.31. The Labute approximate surface area is 117 Å². The van der Waals surface area contributed by atoms with E-state index in [9.17, 15) is 8.42 Å². The molecule has 19 heavy (non-hydrogen) atoms. The quantitative estimate of drug-likeness (QED) is 0.846. The predicted octanol–water partition coefficient (Wildman–Crippen LogP) is 1.27. The van der Waals surface area contributed by atoms with Crippen LogP contribution in [0.1, 0.15) is 40.0 Å². The molecule has 0 radical (unpaired) electrons. The molecule has 2 fully saturated rings. The van der Waals surface area contributed by atoms with Crippen molar-refractivity contribution in [1.29, 1.82) is 0 Å². The number of nitrogens with zero attached hydrogens (tertiary/aromatic N) is 1. The molecule has 1 N–H and O–H groups in total. The van der Waals surface area contributed by atoms with Crippen molar-refractivity contribution in [3.05, 3.63) is 0 Å². The number of likely N-dealkylation sites (tertiary alicyclic amines) is 1. The largest absolute Gasteiger partial charge is 0.308 e. The van der Waals surface area contributed by atoms with Crippen molar-refractivity contribution in [1.82, 2.24) is 10.2 Å². The van der Waals surface area contributed by atoms with E-state index in [0.717, 1.165) is 38.3 Å². The minimum absolute atomic E-state index is 0.191. The first kappa shape index (κ1) is 15.3. The Hall–Kier alpha value is -0.130. The molecule has 0 aliphatic carbocycles. The summed E-state index contributed by atoms with van der Waals surface area (Å²) in [6, 6.07) is 0.488. The van der Waals surface area contributed by atoms with Gasteiger partial charge < -0.3 is 10.2 Å². The van der Waals surface area contributed by atoms with E-state index in [1.807, 2.05) is 0 Å². The first-order valence-electron chi connectivity index (χ1n) is 7.48. The van der Waals surface area contributed by atoms with Gasteiger partial charge in [0.25, 0.3) is 0 Å². The summed E-state index contributed by atoms with van der Waals surface area (Å²) < 4.78 is 23.2. The average Bonchev–Trinajstić information content (AvgIpc) is 2.55. The highest BCUT2D eigenvalue weighted by molar-refractivity contribution is 7.91. The third kappa shape index (κ3) is 4.43. The molecule has 5 heteroatoms. The van der Waals surface area contributed by atoms with Crippen LogP contribution in [0.4, 0.5) is 0 Å². The summed E-state index contributed by atoms with van der Waals surface area (Å²) in [6.07, 6.45) is 3.05. The van der Waals surface area contributed by atoms with E-state index in [0.29, 0.717) is 17.5 Å². The maximum atomic E-state index is 11.6. The standard InChI is InChI=1S/C14H28N2O2S/c1-12(2)10-16-7-4-13(5-8-16)15-14(3)6-9-19(17,18)11-14/h12-13,15H,4-11H2,1-3H3. The molecule has 0 spiro atoms. The lowest BCUT2D eigenvalue weighted by Gasteiger charge is -2.37. The maximum Gasteiger partial charge on any atom is 0.152 e. The van der Waals surface area contributed by atoms with Gasteiger partial charge in [-0.05, 0) is 45.2 Å². The Bertz CT molecular complexity index is 400. The summed E-state index contributed by atoms with van der Waals surface area (Å²) in [5.74, 6) is 1.39. The molecular weight excluding hydrogens is 260 g/mol. The monoisotopic (exact) mass is 288 g/mol. The fourth-order valence-corrected chi connectivity index (χ4v) is 5.50. The van der Waals surface area contributed by atoms with E-state index in [1.54, 1.807) is 0 Å². The van der Waals surface area contributed by atoms with Crippen LogP contribution in [0.15, 0.2) is 0 Å². The van der Waals surface area contributed by atoms with Gasteiger partial charge in [-0.2, -0.15) is 0 Å². The summed E-state index contributed by atoms with van der Waals surface area (Å²) in [4.78, 5) is 2.52. The van der Waals surface area contributed by atoms with Crippen molar-refractivity contribution >= 4 is 9.84 Å². The second-order valence-electron chi connectivity index (χ2n) is 7.02. The van der Waals surface area contributed by atoms with Gasteiger partial charge in [0.1, 0.15) is 0 Å². The number of hydrogen-bond donors (Lipinski definition) is 1. The van der Waals surface area contributed by atoms with Gasteiger partial charge >= 0.3 is 0 Å². The zero-order valence-corrected chi connectivity index (χ0v) is 13.3. The van der Waals surface area contributed by atoms with Crippen LogP contribution in [0.3, 0.4) is 0 Å². The summed E-state index contributed by atoms with van der Waals surface area (Å²) in [5.41, 5.74) is -0.191. The number of rotatable bonds is 4. The molecule has 2 heterocycles. The molecule has 4 nitrogen and oxygen atoms in total. The molecule has 2 saturated heterocycles. The highest BCUT2D eigenvalue weighted by atomic mass is 32.2. The second kappa shape index (κ2) is 5.70. The topological polar surface area (TPSA) is 49.4 Å². The SMILES string of the molecule is CC(C)CN1CCC(NC2(C)CCS(=O)(=O)C2)CC1. The van der Waals surface area contributed by atoms with Gasteiger partial charge in [-0.3, -0.25) is 0 Å². The molecule has 1 atom stereocenters. The third-order valence-electron chi connectivity index (χ3n) is 4.27. The van der Waals surface area contributed by atoms with E-state index < -0.39 is 9.84 Å². The van der Waals surface area contributed by atoms with E-state index in [-0.39, 0.29) is 5.54 Å². The van der Waals surface area contributed by atoms with Gasteiger partial charge in [-0.15, -0.1) is 0 Å². The summed E-state index contributed by atoms with van der Waals surface area (Å²) in [5, 5.41) is 3.62. The van der Waals surface area contributed by atoms with E-state index in [1.165, 1.54) is 6.54 Å². The van der Waals surface area contributed by atoms with Gasteiger partial charge in [0.2, 0.25) is 0 Å². The van der Waals surface area contributed by atoms with Crippen LogP contribution in [0.25, 0.3) is 0 Å². The molecule has 2 aliphatic heterocycles. The number of hydrogen-bond acceptors (Lipinski definition) is 4. The van der Waals surface area contributed by atoms with Crippen LogP contribution in [-0.4, -0.2) is 56.0 Å². The minimum atomic E-state index is -2.80. The Morgan fingerprint density at radius 2 is 1.95 bits per heavy atom. The fraction of sp³-hybridized carbons (Fsp3) is 1.00. The van der Waals surface area contributed by atoms with Crippen LogP contribution in [0, 0.1) is 5.92 Å². The van der Waals surface area contributed by atoms with Gasteiger partial charge in [0.15, 0.2) is 9.84 Å². The minimum Gasteiger partial charge on any atom is -0.308 e. The second-order valence-corrected chi connectivity index (χ2v) is 9.20. The summed E-state index contributed by atoms with van der Waals surface area (Å²) in [6.45, 7) is 10.0. The lowest BCUT2D eigenvalue weighted by Crippen LogP contribution is -2.53. The smallest absolute Gasteiger partial charge is 0.152 e. The highest BCUT2D eigenvalue weighted by Gasteiger charge is 2.39. The van der Waals surface area contributed by atoms with E-state index >= 15 is 0 Å². The summed E-state index contributed by atoms with van der Waals surface area (Å²) in [7, 11) is -2.80. The van der Waals surface area contributed by atoms with Gasteiger partial charge in [-0.25, -0.2) is 8.42 Å². The Balaban J connectivity index is 1.80. The molecule has 0 aromatic rings. The van der Waals surface area contributed by atoms with E-state index in [2.05, 4.69) is 31.0 Å². The predicted molar refractivity (Wildman–Crippen MR) is 79.1 cm³/mol. The molecule has 0 aromatic carbocycles. The van der Waals surface area contributed by atoms with Gasteiger partial charge in [-0.1, -0.05) is 13.8 Å². The van der Waals surface area contributed by atoms with Crippen LogP contribution in [-0.2, 0) is 9.84 Å². The third-order valence-corrected chi connectivity index (χ3v) is 6.17. The zero-order chi connectivity index (χ0) is 14.1. The maximum absolute atomic E-state index is 11.6. The molecule has 2 aliphatic rings. The number of nitrogens with one attached hydrogen (secondary N) is 1. The molecule has 1 unspecified atom stereocenters. The Morgan fingerprint density at radius 3 is 2.42 bits per heavy atom. The lowest BCUT2D eigenvalue weighted by atomic mass is 9.96. The zero-order valence-electron chi connectivity index (χ0n) is 12.5. The van der Waals surface area contributed by atoms with Crippen molar-refractivity contribution in [3.8, 4) is 0 Å². The molecular formula is C14H28N2O2S. The summed E-state index contributed by atoms with van der Waals surface area (Å²) >= 11 is 0. The fourth-order valence-electron chi connectivity index (χ4n) is 3.39. The molecule has 0 amide bonds. The van der Waals surface area contributed by atoms with Crippen LogP contribution < -0.4 is 5.32 Å². The molecule has 112 valence electrons. The van der Waals surface area contributed by atoms with Crippen molar-refractivity contribution in [2.45, 2.75) is 51.6 Å². The Kier molecular flexibility index (Phi) is 4.58. The molecule has 0 aromatic heterocycles. The Morgan fingerprint density at radius 1 is 1.32 bits per heavy atom. The lowest BCUT2D eigenvalue weighted by molar-refractivity contribution is 0.164. The molecule has 2 rings (SSSR count). The van der Waals surface area contributed by atoms with Crippen LogP contribution in [0.5, 0.6) is 0 Å². The molecule has 0 saturated carbocycles. The first-order chi connectivity index (χ1) is 8.78. The van der Waals surface area contributed by atoms with Crippen molar-refractivity contribution in [2.24, 2.45) is 5.92 Å². The van der Waals surface area contributed by atoms with Crippen molar-refractivity contribution in [2.75, 3.05) is 31.1 Å². The molecule has 0 bridgehead atoms. The van der Waals surface area contributed by atoms with Gasteiger partial charge in [0.05, 0.1) is 11.5 Å². The van der Waals surface area contributed by atoms with Crippen molar-refractivity contribution < 1.29 is 8.42 Å². The van der Waals surface area contributed by atoms with Crippen molar-refractivity contribution in [3.63, 3.8) is 0 Å². The van der Waals surface area contributed by atoms with Crippen LogP contribution >= 0.6 is 0 Å². The highest BCUT2D eigenvalue weighted by Crippen LogP contribution is 2.25.